The Hall–Kier alpha value is -2.92. The number of ketones is 1. The van der Waals surface area contributed by atoms with Crippen LogP contribution in [0.1, 0.15) is 21.9 Å². The topological polar surface area (TPSA) is 39.4 Å². The van der Waals surface area contributed by atoms with Gasteiger partial charge in [0.1, 0.15) is 23.9 Å². The van der Waals surface area contributed by atoms with Crippen LogP contribution in [0.3, 0.4) is 0 Å². The molecule has 0 atom stereocenters. The number of ether oxygens (including phenoxy) is 1. The molecular formula is C20H13ClF2O3. The van der Waals surface area contributed by atoms with Gasteiger partial charge in [-0.25, -0.2) is 8.78 Å². The molecule has 0 bridgehead atoms. The summed E-state index contributed by atoms with van der Waals surface area (Å²) in [4.78, 5) is 12.0. The van der Waals surface area contributed by atoms with Crippen molar-refractivity contribution in [1.29, 1.82) is 0 Å². The van der Waals surface area contributed by atoms with E-state index in [1.54, 1.807) is 36.4 Å². The lowest BCUT2D eigenvalue weighted by molar-refractivity contribution is 0.104. The van der Waals surface area contributed by atoms with Gasteiger partial charge in [-0.05, 0) is 60.7 Å². The van der Waals surface area contributed by atoms with E-state index in [4.69, 9.17) is 20.8 Å². The zero-order chi connectivity index (χ0) is 18.5. The van der Waals surface area contributed by atoms with Gasteiger partial charge >= 0.3 is 0 Å². The highest BCUT2D eigenvalue weighted by molar-refractivity contribution is 6.30. The minimum absolute atomic E-state index is 0.0263. The van der Waals surface area contributed by atoms with Crippen molar-refractivity contribution >= 4 is 23.5 Å². The van der Waals surface area contributed by atoms with E-state index in [0.29, 0.717) is 22.1 Å². The molecule has 6 heteroatoms. The number of hydrogen-bond acceptors (Lipinski definition) is 3. The summed E-state index contributed by atoms with van der Waals surface area (Å²) in [5, 5.41) is 0.554. The molecule has 0 aliphatic carbocycles. The third kappa shape index (κ3) is 4.58. The minimum Gasteiger partial charge on any atom is -0.483 e. The summed E-state index contributed by atoms with van der Waals surface area (Å²) in [5.74, 6) is -0.837. The van der Waals surface area contributed by atoms with Crippen LogP contribution in [-0.2, 0) is 6.61 Å². The number of allylic oxidation sites excluding steroid dienone is 1. The summed E-state index contributed by atoms with van der Waals surface area (Å²) in [6.07, 6.45) is 2.91. The van der Waals surface area contributed by atoms with E-state index in [2.05, 4.69) is 0 Å². The zero-order valence-electron chi connectivity index (χ0n) is 13.4. The van der Waals surface area contributed by atoms with Gasteiger partial charge in [-0.3, -0.25) is 4.79 Å². The Morgan fingerprint density at radius 2 is 1.85 bits per heavy atom. The van der Waals surface area contributed by atoms with Crippen LogP contribution in [0.4, 0.5) is 8.78 Å². The van der Waals surface area contributed by atoms with Crippen molar-refractivity contribution in [2.75, 3.05) is 0 Å². The van der Waals surface area contributed by atoms with Gasteiger partial charge in [0.2, 0.25) is 0 Å². The standard InChI is InChI=1S/C20H13ClF2O3/c21-14-3-1-13(2-4-14)19(24)9-8-16-6-7-17(26-16)12-25-20-10-5-15(22)11-18(20)23/h1-11H,12H2/b9-8+. The molecular weight excluding hydrogens is 362 g/mol. The Morgan fingerprint density at radius 3 is 2.58 bits per heavy atom. The van der Waals surface area contributed by atoms with Crippen molar-refractivity contribution in [3.8, 4) is 5.75 Å². The summed E-state index contributed by atoms with van der Waals surface area (Å²) in [6, 6.07) is 12.9. The summed E-state index contributed by atoms with van der Waals surface area (Å²) >= 11 is 5.79. The van der Waals surface area contributed by atoms with E-state index < -0.39 is 11.6 Å². The first kappa shape index (κ1) is 17.9. The van der Waals surface area contributed by atoms with Crippen molar-refractivity contribution in [3.63, 3.8) is 0 Å². The number of carbonyl (C=O) groups excluding carboxylic acids is 1. The predicted octanol–water partition coefficient (Wildman–Crippen LogP) is 5.69. The van der Waals surface area contributed by atoms with Crippen LogP contribution >= 0.6 is 11.6 Å². The first-order valence-corrected chi connectivity index (χ1v) is 8.03. The molecule has 0 aliphatic heterocycles. The van der Waals surface area contributed by atoms with Crippen molar-refractivity contribution < 1.29 is 22.7 Å². The molecule has 0 N–H and O–H groups in total. The fourth-order valence-corrected chi connectivity index (χ4v) is 2.30. The normalized spacial score (nSPS) is 11.0. The Kier molecular flexibility index (Phi) is 5.49. The number of carbonyl (C=O) groups is 1. The van der Waals surface area contributed by atoms with E-state index in [0.717, 1.165) is 12.1 Å². The minimum atomic E-state index is -0.787. The van der Waals surface area contributed by atoms with E-state index >= 15 is 0 Å². The number of hydrogen-bond donors (Lipinski definition) is 0. The summed E-state index contributed by atoms with van der Waals surface area (Å²) in [7, 11) is 0. The molecule has 132 valence electrons. The molecule has 2 aromatic carbocycles. The SMILES string of the molecule is O=C(/C=C/c1ccc(COc2ccc(F)cc2F)o1)c1ccc(Cl)cc1. The lowest BCUT2D eigenvalue weighted by Gasteiger charge is -2.05. The van der Waals surface area contributed by atoms with Gasteiger partial charge in [0, 0.05) is 16.7 Å². The van der Waals surface area contributed by atoms with Gasteiger partial charge in [0.05, 0.1) is 0 Å². The van der Waals surface area contributed by atoms with Crippen LogP contribution in [0.25, 0.3) is 6.08 Å². The maximum absolute atomic E-state index is 13.5. The average molecular weight is 375 g/mol. The summed E-state index contributed by atoms with van der Waals surface area (Å²) < 4.78 is 37.1. The van der Waals surface area contributed by atoms with Crippen LogP contribution in [0.15, 0.2) is 65.1 Å². The van der Waals surface area contributed by atoms with Crippen molar-refractivity contribution in [3.05, 3.63) is 94.4 Å². The number of halogens is 3. The Balaban J connectivity index is 1.60. The lowest BCUT2D eigenvalue weighted by Crippen LogP contribution is -1.96. The first-order valence-electron chi connectivity index (χ1n) is 7.66. The van der Waals surface area contributed by atoms with Crippen molar-refractivity contribution in [2.45, 2.75) is 6.61 Å². The van der Waals surface area contributed by atoms with Crippen LogP contribution in [0.5, 0.6) is 5.75 Å². The highest BCUT2D eigenvalue weighted by atomic mass is 35.5. The van der Waals surface area contributed by atoms with Gasteiger partial charge in [-0.2, -0.15) is 0 Å². The monoisotopic (exact) mass is 374 g/mol. The second-order valence-corrected chi connectivity index (χ2v) is 5.81. The first-order chi connectivity index (χ1) is 12.5. The molecule has 0 amide bonds. The summed E-state index contributed by atoms with van der Waals surface area (Å²) in [6.45, 7) is -0.0263. The maximum Gasteiger partial charge on any atom is 0.185 e. The van der Waals surface area contributed by atoms with Gasteiger partial charge in [-0.1, -0.05) is 11.6 Å². The highest BCUT2D eigenvalue weighted by Gasteiger charge is 2.07. The van der Waals surface area contributed by atoms with E-state index in [1.165, 1.54) is 18.2 Å². The van der Waals surface area contributed by atoms with E-state index in [9.17, 15) is 13.6 Å². The van der Waals surface area contributed by atoms with Crippen LogP contribution in [-0.4, -0.2) is 5.78 Å². The largest absolute Gasteiger partial charge is 0.483 e. The molecule has 0 radical (unpaired) electrons. The fourth-order valence-electron chi connectivity index (χ4n) is 2.17. The molecule has 3 nitrogen and oxygen atoms in total. The van der Waals surface area contributed by atoms with Crippen molar-refractivity contribution in [1.82, 2.24) is 0 Å². The van der Waals surface area contributed by atoms with Gasteiger partial charge < -0.3 is 9.15 Å². The van der Waals surface area contributed by atoms with Gasteiger partial charge in [-0.15, -0.1) is 0 Å². The number of furan rings is 1. The smallest absolute Gasteiger partial charge is 0.185 e. The van der Waals surface area contributed by atoms with Crippen LogP contribution in [0.2, 0.25) is 5.02 Å². The van der Waals surface area contributed by atoms with Crippen LogP contribution < -0.4 is 4.74 Å². The van der Waals surface area contributed by atoms with Gasteiger partial charge in [0.25, 0.3) is 0 Å². The Bertz CT molecular complexity index is 946. The molecule has 0 spiro atoms. The molecule has 3 aromatic rings. The van der Waals surface area contributed by atoms with Crippen LogP contribution in [0, 0.1) is 11.6 Å². The fraction of sp³-hybridized carbons (Fsp3) is 0.0500. The molecule has 1 heterocycles. The quantitative estimate of drug-likeness (QED) is 0.411. The third-order valence-electron chi connectivity index (χ3n) is 3.47. The molecule has 0 saturated heterocycles. The zero-order valence-corrected chi connectivity index (χ0v) is 14.2. The molecule has 0 aliphatic rings. The van der Waals surface area contributed by atoms with E-state index in [-0.39, 0.29) is 18.1 Å². The van der Waals surface area contributed by atoms with Gasteiger partial charge in [0.15, 0.2) is 17.3 Å². The third-order valence-corrected chi connectivity index (χ3v) is 3.73. The highest BCUT2D eigenvalue weighted by Crippen LogP contribution is 2.20. The Morgan fingerprint density at radius 1 is 1.08 bits per heavy atom. The molecule has 26 heavy (non-hydrogen) atoms. The number of benzene rings is 2. The molecule has 0 unspecified atom stereocenters. The maximum atomic E-state index is 13.5. The van der Waals surface area contributed by atoms with E-state index in [1.807, 2.05) is 0 Å². The molecule has 0 saturated carbocycles. The van der Waals surface area contributed by atoms with Crippen molar-refractivity contribution in [2.24, 2.45) is 0 Å². The lowest BCUT2D eigenvalue weighted by atomic mass is 10.1. The molecule has 1 aromatic heterocycles. The molecule has 3 rings (SSSR count). The second kappa shape index (κ2) is 7.97. The predicted molar refractivity (Wildman–Crippen MR) is 94.2 cm³/mol. The summed E-state index contributed by atoms with van der Waals surface area (Å²) in [5.41, 5.74) is 0.507. The number of rotatable bonds is 6. The second-order valence-electron chi connectivity index (χ2n) is 5.37. The molecule has 0 fully saturated rings. The Labute approximate surface area is 153 Å². The average Bonchev–Trinajstić information content (AvgIpc) is 3.07.